The maximum Gasteiger partial charge on any atom is 0.320 e. The summed E-state index contributed by atoms with van der Waals surface area (Å²) >= 11 is 0. The summed E-state index contributed by atoms with van der Waals surface area (Å²) < 4.78 is 5.09. The zero-order valence-electron chi connectivity index (χ0n) is 10.4. The van der Waals surface area contributed by atoms with E-state index in [9.17, 15) is 9.90 Å². The second-order valence-corrected chi connectivity index (χ2v) is 4.85. The van der Waals surface area contributed by atoms with Crippen LogP contribution in [0.3, 0.4) is 0 Å². The summed E-state index contributed by atoms with van der Waals surface area (Å²) in [6, 6.07) is 0. The summed E-state index contributed by atoms with van der Waals surface area (Å²) in [6.45, 7) is 6.36. The minimum absolute atomic E-state index is 0.144. The normalized spacial score (nSPS) is 20.7. The highest BCUT2D eigenvalue weighted by Crippen LogP contribution is 2.20. The average molecular weight is 229 g/mol. The van der Waals surface area contributed by atoms with Crippen LogP contribution in [0, 0.1) is 0 Å². The minimum Gasteiger partial charge on any atom is -0.465 e. The number of aliphatic hydroxyl groups is 1. The number of rotatable bonds is 5. The smallest absolute Gasteiger partial charge is 0.320 e. The molecule has 0 saturated carbocycles. The van der Waals surface area contributed by atoms with Gasteiger partial charge in [-0.3, -0.25) is 9.69 Å². The highest BCUT2D eigenvalue weighted by atomic mass is 16.5. The van der Waals surface area contributed by atoms with Crippen LogP contribution in [0.1, 0.15) is 39.5 Å². The fraction of sp³-hybridized carbons (Fsp3) is 0.917. The predicted molar refractivity (Wildman–Crippen MR) is 62.2 cm³/mol. The average Bonchev–Trinajstić information content (AvgIpc) is 2.22. The number of hydrogen-bond donors (Lipinski definition) is 1. The first kappa shape index (κ1) is 13.5. The fourth-order valence-corrected chi connectivity index (χ4v) is 1.75. The van der Waals surface area contributed by atoms with Crippen molar-refractivity contribution in [2.45, 2.75) is 45.1 Å². The van der Waals surface area contributed by atoms with Crippen LogP contribution in [0.15, 0.2) is 0 Å². The molecule has 0 radical (unpaired) electrons. The summed E-state index contributed by atoms with van der Waals surface area (Å²) in [4.78, 5) is 13.5. The Balaban J connectivity index is 2.16. The molecule has 1 fully saturated rings. The molecule has 16 heavy (non-hydrogen) atoms. The Kier molecular flexibility index (Phi) is 5.22. The lowest BCUT2D eigenvalue weighted by Crippen LogP contribution is -2.44. The van der Waals surface area contributed by atoms with E-state index in [1.807, 2.05) is 11.8 Å². The molecule has 1 aliphatic rings. The van der Waals surface area contributed by atoms with E-state index in [1.54, 1.807) is 0 Å². The molecule has 0 spiro atoms. The van der Waals surface area contributed by atoms with Crippen LogP contribution in [-0.2, 0) is 9.53 Å². The molecule has 1 saturated heterocycles. The third kappa shape index (κ3) is 4.94. The van der Waals surface area contributed by atoms with Gasteiger partial charge in [-0.05, 0) is 26.2 Å². The first-order valence-corrected chi connectivity index (χ1v) is 6.14. The zero-order valence-corrected chi connectivity index (χ0v) is 10.4. The number of piperidine rings is 1. The Bertz CT molecular complexity index is 218. The number of unbranched alkanes of at least 4 members (excludes halogenated alkanes) is 1. The standard InChI is InChI=1S/C12H23NO3/c1-3-4-9-16-11(14)10-13-7-5-12(2,15)6-8-13/h15H,3-10H2,1-2H3. The summed E-state index contributed by atoms with van der Waals surface area (Å²) in [5.74, 6) is -0.144. The number of carbonyl (C=O) groups is 1. The van der Waals surface area contributed by atoms with Gasteiger partial charge in [0.25, 0.3) is 0 Å². The highest BCUT2D eigenvalue weighted by Gasteiger charge is 2.28. The molecule has 0 atom stereocenters. The topological polar surface area (TPSA) is 49.8 Å². The van der Waals surface area contributed by atoms with Gasteiger partial charge in [0.15, 0.2) is 0 Å². The molecule has 94 valence electrons. The van der Waals surface area contributed by atoms with Crippen molar-refractivity contribution >= 4 is 5.97 Å². The lowest BCUT2D eigenvalue weighted by atomic mass is 9.94. The van der Waals surface area contributed by atoms with Gasteiger partial charge in [-0.1, -0.05) is 13.3 Å². The van der Waals surface area contributed by atoms with Crippen molar-refractivity contribution in [3.05, 3.63) is 0 Å². The molecular formula is C12H23NO3. The quantitative estimate of drug-likeness (QED) is 0.568. The zero-order chi connectivity index (χ0) is 12.0. The number of carbonyl (C=O) groups excluding carboxylic acids is 1. The summed E-state index contributed by atoms with van der Waals surface area (Å²) in [5, 5.41) is 9.76. The molecule has 1 aliphatic heterocycles. The molecule has 4 heteroatoms. The van der Waals surface area contributed by atoms with Gasteiger partial charge >= 0.3 is 5.97 Å². The third-order valence-electron chi connectivity index (χ3n) is 3.05. The van der Waals surface area contributed by atoms with Crippen LogP contribution in [0.25, 0.3) is 0 Å². The summed E-state index contributed by atoms with van der Waals surface area (Å²) in [6.07, 6.45) is 3.44. The second kappa shape index (κ2) is 6.21. The van der Waals surface area contributed by atoms with E-state index in [1.165, 1.54) is 0 Å². The van der Waals surface area contributed by atoms with E-state index >= 15 is 0 Å². The van der Waals surface area contributed by atoms with Crippen LogP contribution in [0.5, 0.6) is 0 Å². The molecule has 1 heterocycles. The Morgan fingerprint density at radius 2 is 2.06 bits per heavy atom. The molecule has 0 unspecified atom stereocenters. The van der Waals surface area contributed by atoms with Crippen molar-refractivity contribution in [3.8, 4) is 0 Å². The van der Waals surface area contributed by atoms with Crippen molar-refractivity contribution in [2.75, 3.05) is 26.2 Å². The lowest BCUT2D eigenvalue weighted by molar-refractivity contribution is -0.146. The van der Waals surface area contributed by atoms with E-state index in [0.29, 0.717) is 13.2 Å². The summed E-state index contributed by atoms with van der Waals surface area (Å²) in [5.41, 5.74) is -0.553. The van der Waals surface area contributed by atoms with Gasteiger partial charge in [-0.25, -0.2) is 0 Å². The van der Waals surface area contributed by atoms with Crippen LogP contribution in [0.4, 0.5) is 0 Å². The molecule has 1 rings (SSSR count). The van der Waals surface area contributed by atoms with Crippen LogP contribution in [0.2, 0.25) is 0 Å². The SMILES string of the molecule is CCCCOC(=O)CN1CCC(C)(O)CC1. The van der Waals surface area contributed by atoms with Crippen molar-refractivity contribution in [1.29, 1.82) is 0 Å². The first-order chi connectivity index (χ1) is 7.53. The predicted octanol–water partition coefficient (Wildman–Crippen LogP) is 1.18. The maximum atomic E-state index is 11.4. The number of esters is 1. The van der Waals surface area contributed by atoms with Gasteiger partial charge < -0.3 is 9.84 Å². The van der Waals surface area contributed by atoms with E-state index in [-0.39, 0.29) is 5.97 Å². The van der Waals surface area contributed by atoms with Gasteiger partial charge in [0.1, 0.15) is 0 Å². The molecule has 0 aliphatic carbocycles. The van der Waals surface area contributed by atoms with Crippen LogP contribution in [-0.4, -0.2) is 47.8 Å². The Morgan fingerprint density at radius 1 is 1.44 bits per heavy atom. The van der Waals surface area contributed by atoms with Gasteiger partial charge in [0.2, 0.25) is 0 Å². The van der Waals surface area contributed by atoms with Crippen LogP contribution >= 0.6 is 0 Å². The molecule has 0 aromatic heterocycles. The van der Waals surface area contributed by atoms with E-state index < -0.39 is 5.60 Å². The molecule has 1 N–H and O–H groups in total. The molecular weight excluding hydrogens is 206 g/mol. The Morgan fingerprint density at radius 3 is 2.62 bits per heavy atom. The highest BCUT2D eigenvalue weighted by molar-refractivity contribution is 5.71. The van der Waals surface area contributed by atoms with Crippen molar-refractivity contribution < 1.29 is 14.6 Å². The second-order valence-electron chi connectivity index (χ2n) is 4.85. The Labute approximate surface area is 97.6 Å². The summed E-state index contributed by atoms with van der Waals surface area (Å²) in [7, 11) is 0. The molecule has 4 nitrogen and oxygen atoms in total. The Hall–Kier alpha value is -0.610. The third-order valence-corrected chi connectivity index (χ3v) is 3.05. The van der Waals surface area contributed by atoms with Gasteiger partial charge in [-0.2, -0.15) is 0 Å². The van der Waals surface area contributed by atoms with Crippen molar-refractivity contribution in [3.63, 3.8) is 0 Å². The molecule has 0 aromatic rings. The molecule has 0 amide bonds. The van der Waals surface area contributed by atoms with E-state index in [0.717, 1.165) is 38.8 Å². The van der Waals surface area contributed by atoms with Gasteiger partial charge in [0.05, 0.1) is 18.8 Å². The largest absolute Gasteiger partial charge is 0.465 e. The van der Waals surface area contributed by atoms with E-state index in [2.05, 4.69) is 6.92 Å². The molecule has 0 bridgehead atoms. The number of likely N-dealkylation sites (tertiary alicyclic amines) is 1. The number of nitrogens with zero attached hydrogens (tertiary/aromatic N) is 1. The van der Waals surface area contributed by atoms with Gasteiger partial charge in [-0.15, -0.1) is 0 Å². The van der Waals surface area contributed by atoms with Gasteiger partial charge in [0, 0.05) is 13.1 Å². The fourth-order valence-electron chi connectivity index (χ4n) is 1.75. The van der Waals surface area contributed by atoms with E-state index in [4.69, 9.17) is 4.74 Å². The number of ether oxygens (including phenoxy) is 1. The monoisotopic (exact) mass is 229 g/mol. The maximum absolute atomic E-state index is 11.4. The van der Waals surface area contributed by atoms with Crippen LogP contribution < -0.4 is 0 Å². The van der Waals surface area contributed by atoms with Crippen molar-refractivity contribution in [2.24, 2.45) is 0 Å². The molecule has 0 aromatic carbocycles. The lowest BCUT2D eigenvalue weighted by Gasteiger charge is -2.35. The van der Waals surface area contributed by atoms with Crippen molar-refractivity contribution in [1.82, 2.24) is 4.90 Å². The minimum atomic E-state index is -0.553. The number of hydrogen-bond acceptors (Lipinski definition) is 4. The first-order valence-electron chi connectivity index (χ1n) is 6.14.